The van der Waals surface area contributed by atoms with Crippen LogP contribution in [0.3, 0.4) is 0 Å². The van der Waals surface area contributed by atoms with Gasteiger partial charge in [-0.15, -0.1) is 0 Å². The molecule has 2 aromatic rings. The van der Waals surface area contributed by atoms with Gasteiger partial charge in [0.05, 0.1) is 0 Å². The van der Waals surface area contributed by atoms with Gasteiger partial charge in [-0.05, 0) is 63.3 Å². The molecule has 27 heavy (non-hydrogen) atoms. The zero-order valence-corrected chi connectivity index (χ0v) is 17.6. The van der Waals surface area contributed by atoms with Crippen LogP contribution in [0.15, 0.2) is 35.5 Å². The van der Waals surface area contributed by atoms with Crippen molar-refractivity contribution in [1.82, 2.24) is 14.9 Å². The van der Waals surface area contributed by atoms with E-state index in [1.54, 1.807) is 11.8 Å². The predicted octanol–water partition coefficient (Wildman–Crippen LogP) is 4.58. The molecule has 0 saturated heterocycles. The molecule has 5 heteroatoms. The second-order valence-corrected chi connectivity index (χ2v) is 8.22. The van der Waals surface area contributed by atoms with Crippen LogP contribution in [0, 0.1) is 19.8 Å². The molecule has 0 radical (unpaired) electrons. The number of carbonyl (C=O) groups is 1. The van der Waals surface area contributed by atoms with Crippen molar-refractivity contribution in [2.75, 3.05) is 6.26 Å². The SMILES string of the molecule is CSc1nc(C)c(CCC(=O)N(Cc2ccccc2)C(C)C2CC2)c(C)n1. The lowest BCUT2D eigenvalue weighted by atomic mass is 10.0. The van der Waals surface area contributed by atoms with Gasteiger partial charge in [0.1, 0.15) is 0 Å². The highest BCUT2D eigenvalue weighted by Gasteiger charge is 2.34. The lowest BCUT2D eigenvalue weighted by Crippen LogP contribution is -2.39. The van der Waals surface area contributed by atoms with E-state index in [2.05, 4.69) is 33.9 Å². The van der Waals surface area contributed by atoms with Gasteiger partial charge in [0.2, 0.25) is 5.91 Å². The van der Waals surface area contributed by atoms with Crippen molar-refractivity contribution in [3.05, 3.63) is 52.8 Å². The summed E-state index contributed by atoms with van der Waals surface area (Å²) in [5.41, 5.74) is 4.28. The number of rotatable bonds is 8. The Bertz CT molecular complexity index is 766. The van der Waals surface area contributed by atoms with Gasteiger partial charge in [-0.3, -0.25) is 4.79 Å². The van der Waals surface area contributed by atoms with Crippen LogP contribution < -0.4 is 0 Å². The molecule has 3 rings (SSSR count). The summed E-state index contributed by atoms with van der Waals surface area (Å²) in [6.07, 6.45) is 5.67. The Morgan fingerprint density at radius 2 is 1.81 bits per heavy atom. The topological polar surface area (TPSA) is 46.1 Å². The lowest BCUT2D eigenvalue weighted by molar-refractivity contribution is -0.134. The van der Waals surface area contributed by atoms with Gasteiger partial charge < -0.3 is 4.90 Å². The Morgan fingerprint density at radius 3 is 2.37 bits per heavy atom. The second-order valence-electron chi connectivity index (χ2n) is 7.44. The van der Waals surface area contributed by atoms with E-state index < -0.39 is 0 Å². The third-order valence-electron chi connectivity index (χ3n) is 5.48. The third kappa shape index (κ3) is 5.10. The summed E-state index contributed by atoms with van der Waals surface area (Å²) in [4.78, 5) is 24.3. The maximum atomic E-state index is 13.1. The summed E-state index contributed by atoms with van der Waals surface area (Å²) < 4.78 is 0. The Morgan fingerprint density at radius 1 is 1.19 bits per heavy atom. The van der Waals surface area contributed by atoms with Crippen LogP contribution in [0.25, 0.3) is 0 Å². The molecule has 4 nitrogen and oxygen atoms in total. The van der Waals surface area contributed by atoms with Crippen LogP contribution in [0.2, 0.25) is 0 Å². The van der Waals surface area contributed by atoms with Crippen LogP contribution in [0.5, 0.6) is 0 Å². The first kappa shape index (κ1) is 19.9. The second kappa shape index (κ2) is 8.87. The molecule has 1 atom stereocenters. The van der Waals surface area contributed by atoms with Crippen LogP contribution in [-0.2, 0) is 17.8 Å². The molecule has 1 aromatic heterocycles. The van der Waals surface area contributed by atoms with Gasteiger partial charge in [-0.2, -0.15) is 0 Å². The van der Waals surface area contributed by atoms with E-state index in [4.69, 9.17) is 0 Å². The van der Waals surface area contributed by atoms with Crippen molar-refractivity contribution in [3.63, 3.8) is 0 Å². The molecule has 1 aromatic carbocycles. The van der Waals surface area contributed by atoms with Gasteiger partial charge in [-0.1, -0.05) is 42.1 Å². The number of hydrogen-bond donors (Lipinski definition) is 0. The monoisotopic (exact) mass is 383 g/mol. The Hall–Kier alpha value is -1.88. The van der Waals surface area contributed by atoms with Crippen LogP contribution in [0.1, 0.15) is 48.7 Å². The first-order valence-electron chi connectivity index (χ1n) is 9.71. The third-order valence-corrected chi connectivity index (χ3v) is 6.03. The van der Waals surface area contributed by atoms with Crippen LogP contribution in [0.4, 0.5) is 0 Å². The normalized spacial score (nSPS) is 14.8. The number of thioether (sulfide) groups is 1. The highest BCUT2D eigenvalue weighted by molar-refractivity contribution is 7.98. The summed E-state index contributed by atoms with van der Waals surface area (Å²) in [5, 5.41) is 0.799. The minimum Gasteiger partial charge on any atom is -0.335 e. The summed E-state index contributed by atoms with van der Waals surface area (Å²) in [5.74, 6) is 0.885. The number of nitrogens with zero attached hydrogens (tertiary/aromatic N) is 3. The molecule has 1 aliphatic rings. The number of aryl methyl sites for hydroxylation is 2. The first-order valence-corrected chi connectivity index (χ1v) is 10.9. The van der Waals surface area contributed by atoms with Crippen molar-refractivity contribution in [2.45, 2.75) is 64.2 Å². The van der Waals surface area contributed by atoms with Gasteiger partial charge in [0.25, 0.3) is 0 Å². The summed E-state index contributed by atoms with van der Waals surface area (Å²) in [6.45, 7) is 6.92. The van der Waals surface area contributed by atoms with Crippen molar-refractivity contribution < 1.29 is 4.79 Å². The van der Waals surface area contributed by atoms with E-state index in [1.807, 2.05) is 38.3 Å². The Kier molecular flexibility index (Phi) is 6.53. The van der Waals surface area contributed by atoms with E-state index in [-0.39, 0.29) is 5.91 Å². The predicted molar refractivity (Wildman–Crippen MR) is 111 cm³/mol. The number of hydrogen-bond acceptors (Lipinski definition) is 4. The van der Waals surface area contributed by atoms with Gasteiger partial charge in [-0.25, -0.2) is 9.97 Å². The standard InChI is InChI=1S/C22H29N3OS/c1-15-20(16(2)24-22(23-15)27-4)12-13-21(26)25(17(3)19-10-11-19)14-18-8-6-5-7-9-18/h5-9,17,19H,10-14H2,1-4H3. The minimum atomic E-state index is 0.228. The van der Waals surface area contributed by atoms with Crippen LogP contribution >= 0.6 is 11.8 Å². The molecule has 0 aliphatic heterocycles. The van der Waals surface area contributed by atoms with Crippen molar-refractivity contribution >= 4 is 17.7 Å². The molecule has 1 saturated carbocycles. The highest BCUT2D eigenvalue weighted by atomic mass is 32.2. The van der Waals surface area contributed by atoms with E-state index in [0.29, 0.717) is 31.3 Å². The molecule has 1 heterocycles. The average molecular weight is 384 g/mol. The van der Waals surface area contributed by atoms with Crippen molar-refractivity contribution in [2.24, 2.45) is 5.92 Å². The molecule has 0 spiro atoms. The fourth-order valence-corrected chi connectivity index (χ4v) is 4.07. The van der Waals surface area contributed by atoms with Gasteiger partial charge in [0.15, 0.2) is 5.16 Å². The molecular weight excluding hydrogens is 354 g/mol. The molecule has 1 fully saturated rings. The van der Waals surface area contributed by atoms with E-state index in [9.17, 15) is 4.79 Å². The molecule has 144 valence electrons. The Labute approximate surface area is 166 Å². The highest BCUT2D eigenvalue weighted by Crippen LogP contribution is 2.36. The van der Waals surface area contributed by atoms with Gasteiger partial charge >= 0.3 is 0 Å². The number of carbonyl (C=O) groups excluding carboxylic acids is 1. The number of amides is 1. The first-order chi connectivity index (χ1) is 13.0. The smallest absolute Gasteiger partial charge is 0.223 e. The van der Waals surface area contributed by atoms with E-state index >= 15 is 0 Å². The molecule has 0 bridgehead atoms. The number of aromatic nitrogens is 2. The summed E-state index contributed by atoms with van der Waals surface area (Å²) in [6, 6.07) is 10.6. The maximum absolute atomic E-state index is 13.1. The zero-order chi connectivity index (χ0) is 19.4. The van der Waals surface area contributed by atoms with Crippen molar-refractivity contribution in [3.8, 4) is 0 Å². The maximum Gasteiger partial charge on any atom is 0.223 e. The zero-order valence-electron chi connectivity index (χ0n) is 16.7. The largest absolute Gasteiger partial charge is 0.335 e. The molecule has 1 amide bonds. The number of benzene rings is 1. The summed E-state index contributed by atoms with van der Waals surface area (Å²) >= 11 is 1.55. The van der Waals surface area contributed by atoms with Crippen molar-refractivity contribution in [1.29, 1.82) is 0 Å². The lowest BCUT2D eigenvalue weighted by Gasteiger charge is -2.30. The molecule has 1 aliphatic carbocycles. The molecule has 1 unspecified atom stereocenters. The fraction of sp³-hybridized carbons (Fsp3) is 0.500. The van der Waals surface area contributed by atoms with E-state index in [1.165, 1.54) is 18.4 Å². The fourth-order valence-electron chi connectivity index (χ4n) is 3.61. The average Bonchev–Trinajstić information content (AvgIpc) is 3.50. The van der Waals surface area contributed by atoms with Crippen LogP contribution in [-0.4, -0.2) is 33.1 Å². The minimum absolute atomic E-state index is 0.228. The quantitative estimate of drug-likeness (QED) is 0.495. The summed E-state index contributed by atoms with van der Waals surface area (Å²) in [7, 11) is 0. The van der Waals surface area contributed by atoms with E-state index in [0.717, 1.165) is 22.1 Å². The molecular formula is C22H29N3OS. The Balaban J connectivity index is 1.71. The van der Waals surface area contributed by atoms with Gasteiger partial charge in [0, 0.05) is 30.4 Å². The molecule has 0 N–H and O–H groups in total.